The van der Waals surface area contributed by atoms with Crippen LogP contribution < -0.4 is 0 Å². The molecule has 0 spiro atoms. The van der Waals surface area contributed by atoms with Crippen molar-refractivity contribution < 1.29 is 43.2 Å². The standard InChI is InChI=1S/2C9H7.2C6H5FO.C2H4.Zr/c2*1-2-5-9-7-3-6-8(9)4-1;2*7-5-3-1-2-4-6(5)8;1-2;/h2*1-7H;2*1-4,8H;1H,2H3;/q2*-1;;;;+2. The summed E-state index contributed by atoms with van der Waals surface area (Å²) >= 11 is 1.51. The third kappa shape index (κ3) is 10.8. The summed E-state index contributed by atoms with van der Waals surface area (Å²) in [6.07, 6.45) is 0. The van der Waals surface area contributed by atoms with Gasteiger partial charge in [0.05, 0.1) is 0 Å². The molecule has 0 heterocycles. The third-order valence-corrected chi connectivity index (χ3v) is 4.80. The van der Waals surface area contributed by atoms with Crippen molar-refractivity contribution in [2.45, 2.75) is 6.92 Å². The van der Waals surface area contributed by atoms with Gasteiger partial charge in [-0.1, -0.05) is 36.4 Å². The minimum absolute atomic E-state index is 0.299. The van der Waals surface area contributed by atoms with E-state index in [2.05, 4.69) is 88.6 Å². The Hall–Kier alpha value is -3.69. The first-order chi connectivity index (χ1) is 18.0. The van der Waals surface area contributed by atoms with Crippen LogP contribution in [0.2, 0.25) is 0 Å². The first kappa shape index (κ1) is 29.5. The van der Waals surface area contributed by atoms with Crippen molar-refractivity contribution in [3.8, 4) is 11.5 Å². The van der Waals surface area contributed by atoms with Crippen LogP contribution in [0, 0.1) is 11.6 Å². The number of aromatic hydroxyl groups is 2. The van der Waals surface area contributed by atoms with Gasteiger partial charge in [-0.25, -0.2) is 8.78 Å². The number of hydrogen-bond donors (Lipinski definition) is 2. The fraction of sp³-hybridized carbons (Fsp3) is 0.0312. The predicted octanol–water partition coefficient (Wildman–Crippen LogP) is 8.54. The quantitative estimate of drug-likeness (QED) is 0.179. The second kappa shape index (κ2) is 16.9. The number of para-hydroxylation sites is 2. The first-order valence-electron chi connectivity index (χ1n) is 11.5. The molecule has 6 aromatic carbocycles. The number of benzene rings is 4. The van der Waals surface area contributed by atoms with Gasteiger partial charge in [-0.05, 0) is 24.3 Å². The molecule has 0 unspecified atom stereocenters. The van der Waals surface area contributed by atoms with E-state index in [1.807, 2.05) is 6.92 Å². The van der Waals surface area contributed by atoms with Crippen molar-refractivity contribution in [2.24, 2.45) is 0 Å². The molecule has 0 bridgehead atoms. The fourth-order valence-electron chi connectivity index (χ4n) is 3.04. The van der Waals surface area contributed by atoms with Crippen LogP contribution >= 0.6 is 0 Å². The minimum atomic E-state index is -0.576. The van der Waals surface area contributed by atoms with E-state index in [4.69, 9.17) is 10.2 Å². The fourth-order valence-corrected chi connectivity index (χ4v) is 3.04. The molecule has 5 heteroatoms. The number of halogens is 2. The van der Waals surface area contributed by atoms with Crippen LogP contribution in [-0.2, 0) is 24.2 Å². The van der Waals surface area contributed by atoms with Crippen LogP contribution in [0.25, 0.3) is 21.5 Å². The second-order valence-electron chi connectivity index (χ2n) is 7.50. The Morgan fingerprint density at radius 1 is 0.568 bits per heavy atom. The summed E-state index contributed by atoms with van der Waals surface area (Å²) in [6, 6.07) is 40.5. The molecular formula is C32H28F2O2Zr. The molecule has 0 saturated carbocycles. The van der Waals surface area contributed by atoms with E-state index in [0.29, 0.717) is 0 Å². The van der Waals surface area contributed by atoms with E-state index >= 15 is 0 Å². The van der Waals surface area contributed by atoms with Crippen LogP contribution in [0.4, 0.5) is 8.78 Å². The SMILES string of the molecule is C[CH]=[Zr+2].Oc1ccccc1F.Oc1ccccc1F.c1ccc2[cH-]ccc2c1.c1ccc2[cH-]ccc2c1. The largest absolute Gasteiger partial charge is 0.505 e. The summed E-state index contributed by atoms with van der Waals surface area (Å²) in [4.78, 5) is 0. The number of hydrogen-bond acceptors (Lipinski definition) is 2. The van der Waals surface area contributed by atoms with E-state index in [1.165, 1.54) is 82.2 Å². The number of phenolic OH excluding ortho intramolecular Hbond substituents is 2. The van der Waals surface area contributed by atoms with Gasteiger partial charge in [0.1, 0.15) is 0 Å². The second-order valence-corrected chi connectivity index (χ2v) is 8.92. The van der Waals surface area contributed by atoms with Crippen molar-refractivity contribution in [2.75, 3.05) is 0 Å². The van der Waals surface area contributed by atoms with Crippen molar-refractivity contribution in [1.82, 2.24) is 0 Å². The predicted molar refractivity (Wildman–Crippen MR) is 147 cm³/mol. The normalized spacial score (nSPS) is 9.32. The molecule has 0 radical (unpaired) electrons. The van der Waals surface area contributed by atoms with Crippen molar-refractivity contribution in [1.29, 1.82) is 0 Å². The minimum Gasteiger partial charge on any atom is -0.505 e. The van der Waals surface area contributed by atoms with Gasteiger partial charge in [0, 0.05) is 0 Å². The van der Waals surface area contributed by atoms with Crippen LogP contribution in [-0.4, -0.2) is 13.9 Å². The molecule has 37 heavy (non-hydrogen) atoms. The molecule has 0 aliphatic heterocycles. The van der Waals surface area contributed by atoms with E-state index in [9.17, 15) is 8.78 Å². The monoisotopic (exact) mass is 572 g/mol. The number of rotatable bonds is 0. The molecule has 0 saturated heterocycles. The first-order valence-corrected chi connectivity index (χ1v) is 12.9. The maximum Gasteiger partial charge on any atom is 0.164 e. The van der Waals surface area contributed by atoms with Crippen molar-refractivity contribution in [3.05, 3.63) is 145 Å². The molecule has 0 atom stereocenters. The van der Waals surface area contributed by atoms with Crippen LogP contribution in [0.1, 0.15) is 6.92 Å². The average molecular weight is 574 g/mol. The molecule has 0 aliphatic rings. The van der Waals surface area contributed by atoms with E-state index < -0.39 is 11.6 Å². The molecule has 0 amide bonds. The number of phenols is 2. The summed E-state index contributed by atoms with van der Waals surface area (Å²) in [7, 11) is 0. The smallest absolute Gasteiger partial charge is 0.164 e. The van der Waals surface area contributed by atoms with Gasteiger partial charge >= 0.3 is 34.9 Å². The van der Waals surface area contributed by atoms with Crippen LogP contribution in [0.15, 0.2) is 133 Å². The molecular weight excluding hydrogens is 546 g/mol. The summed E-state index contributed by atoms with van der Waals surface area (Å²) in [5.41, 5.74) is 0. The molecule has 0 aromatic heterocycles. The summed E-state index contributed by atoms with van der Waals surface area (Å²) in [5.74, 6) is -1.75. The molecule has 186 valence electrons. The summed E-state index contributed by atoms with van der Waals surface area (Å²) < 4.78 is 26.2. The van der Waals surface area contributed by atoms with Gasteiger partial charge < -0.3 is 10.2 Å². The maximum atomic E-state index is 12.1. The third-order valence-electron chi connectivity index (χ3n) is 4.80. The van der Waals surface area contributed by atoms with E-state index in [1.54, 1.807) is 12.1 Å². The van der Waals surface area contributed by atoms with E-state index in [0.717, 1.165) is 0 Å². The van der Waals surface area contributed by atoms with Crippen molar-refractivity contribution >= 4 is 25.3 Å². The molecule has 6 aromatic rings. The van der Waals surface area contributed by atoms with Gasteiger partial charge in [0.25, 0.3) is 0 Å². The Morgan fingerprint density at radius 3 is 1.19 bits per heavy atom. The Kier molecular flexibility index (Phi) is 13.5. The maximum absolute atomic E-state index is 12.1. The van der Waals surface area contributed by atoms with Gasteiger partial charge in [-0.3, -0.25) is 0 Å². The summed E-state index contributed by atoms with van der Waals surface area (Å²) in [5, 5.41) is 22.4. The van der Waals surface area contributed by atoms with Gasteiger partial charge in [-0.2, -0.15) is 35.0 Å². The van der Waals surface area contributed by atoms with Gasteiger partial charge in [-0.15, -0.1) is 59.3 Å². The van der Waals surface area contributed by atoms with Crippen LogP contribution in [0.3, 0.4) is 0 Å². The van der Waals surface area contributed by atoms with Crippen molar-refractivity contribution in [3.63, 3.8) is 0 Å². The van der Waals surface area contributed by atoms with Crippen LogP contribution in [0.5, 0.6) is 11.5 Å². The molecule has 2 N–H and O–H groups in total. The molecule has 2 nitrogen and oxygen atoms in total. The zero-order valence-electron chi connectivity index (χ0n) is 20.4. The zero-order chi connectivity index (χ0) is 26.9. The Labute approximate surface area is 231 Å². The topological polar surface area (TPSA) is 40.5 Å². The van der Waals surface area contributed by atoms with Gasteiger partial charge in [0.2, 0.25) is 0 Å². The van der Waals surface area contributed by atoms with Gasteiger partial charge in [0.15, 0.2) is 23.1 Å². The Morgan fingerprint density at radius 2 is 0.892 bits per heavy atom. The molecule has 6 rings (SSSR count). The van der Waals surface area contributed by atoms with E-state index in [-0.39, 0.29) is 11.5 Å². The molecule has 0 fully saturated rings. The number of fused-ring (bicyclic) bond motifs is 2. The zero-order valence-corrected chi connectivity index (χ0v) is 22.9. The summed E-state index contributed by atoms with van der Waals surface area (Å²) in [6.45, 7) is 2.04. The average Bonchev–Trinajstić information content (AvgIpc) is 3.59. The molecule has 0 aliphatic carbocycles. The Balaban J connectivity index is 0.000000168. The Bertz CT molecular complexity index is 1260.